The third kappa shape index (κ3) is 3.09. The Morgan fingerprint density at radius 1 is 1.10 bits per heavy atom. The molecule has 2 aromatic rings. The minimum Gasteiger partial charge on any atom is -0.378 e. The zero-order chi connectivity index (χ0) is 20.0. The van der Waals surface area contributed by atoms with E-state index in [1.807, 2.05) is 29.2 Å². The number of nitro benzene ring substituents is 1. The third-order valence-corrected chi connectivity index (χ3v) is 6.47. The highest BCUT2D eigenvalue weighted by Gasteiger charge is 2.38. The molecular formula is C23H23N3O3. The molecule has 2 aromatic carbocycles. The number of nitrogens with one attached hydrogen (secondary N) is 1. The van der Waals surface area contributed by atoms with Crippen LogP contribution in [-0.4, -0.2) is 28.8 Å². The summed E-state index contributed by atoms with van der Waals surface area (Å²) in [5.41, 5.74) is 4.14. The molecular weight excluding hydrogens is 366 g/mol. The molecule has 0 spiro atoms. The Hall–Kier alpha value is -3.15. The molecule has 5 rings (SSSR count). The van der Waals surface area contributed by atoms with Crippen molar-refractivity contribution in [2.24, 2.45) is 5.92 Å². The fourth-order valence-electron chi connectivity index (χ4n) is 4.96. The standard InChI is InChI=1S/C23H23N3O3/c27-23(25-12-1-2-13-25)16-8-11-21-20(14-16)18-4-3-5-19(18)22(24-21)15-6-9-17(10-7-15)26(28)29/h3-4,6-11,14,18-19,22,24H,1-2,5,12-13H2/t18-,19-,22+/m1/s1. The molecule has 2 heterocycles. The molecule has 0 bridgehead atoms. The van der Waals surface area contributed by atoms with Crippen LogP contribution in [0.1, 0.15) is 52.7 Å². The van der Waals surface area contributed by atoms with Gasteiger partial charge in [0.1, 0.15) is 0 Å². The quantitative estimate of drug-likeness (QED) is 0.471. The van der Waals surface area contributed by atoms with E-state index in [0.29, 0.717) is 5.92 Å². The largest absolute Gasteiger partial charge is 0.378 e. The second-order valence-electron chi connectivity index (χ2n) is 8.13. The van der Waals surface area contributed by atoms with E-state index in [1.165, 1.54) is 5.56 Å². The molecule has 1 N–H and O–H groups in total. The summed E-state index contributed by atoms with van der Waals surface area (Å²) < 4.78 is 0. The van der Waals surface area contributed by atoms with Gasteiger partial charge in [-0.2, -0.15) is 0 Å². The minimum absolute atomic E-state index is 0.0865. The van der Waals surface area contributed by atoms with Crippen LogP contribution in [0.4, 0.5) is 11.4 Å². The zero-order valence-corrected chi connectivity index (χ0v) is 16.1. The van der Waals surface area contributed by atoms with Crippen LogP contribution in [0.2, 0.25) is 0 Å². The van der Waals surface area contributed by atoms with E-state index in [0.717, 1.165) is 49.2 Å². The van der Waals surface area contributed by atoms with E-state index in [2.05, 4.69) is 23.5 Å². The van der Waals surface area contributed by atoms with Crippen molar-refractivity contribution in [3.63, 3.8) is 0 Å². The minimum atomic E-state index is -0.369. The third-order valence-electron chi connectivity index (χ3n) is 6.47. The maximum absolute atomic E-state index is 12.8. The molecule has 148 valence electrons. The molecule has 0 saturated carbocycles. The van der Waals surface area contributed by atoms with Crippen LogP contribution >= 0.6 is 0 Å². The van der Waals surface area contributed by atoms with Crippen molar-refractivity contribution in [1.29, 1.82) is 0 Å². The Labute approximate surface area is 169 Å². The first-order chi connectivity index (χ1) is 14.1. The van der Waals surface area contributed by atoms with Gasteiger partial charge < -0.3 is 10.2 Å². The van der Waals surface area contributed by atoms with E-state index >= 15 is 0 Å². The fraction of sp³-hybridized carbons (Fsp3) is 0.348. The number of anilines is 1. The number of carbonyl (C=O) groups excluding carboxylic acids is 1. The number of carbonyl (C=O) groups is 1. The molecule has 1 fully saturated rings. The number of hydrogen-bond acceptors (Lipinski definition) is 4. The highest BCUT2D eigenvalue weighted by atomic mass is 16.6. The van der Waals surface area contributed by atoms with Gasteiger partial charge in [-0.1, -0.05) is 24.3 Å². The van der Waals surface area contributed by atoms with Crippen LogP contribution in [0.5, 0.6) is 0 Å². The summed E-state index contributed by atoms with van der Waals surface area (Å²) in [7, 11) is 0. The van der Waals surface area contributed by atoms with Gasteiger partial charge in [0.25, 0.3) is 11.6 Å². The monoisotopic (exact) mass is 389 g/mol. The van der Waals surface area contributed by atoms with Crippen molar-refractivity contribution in [2.75, 3.05) is 18.4 Å². The Morgan fingerprint density at radius 3 is 2.59 bits per heavy atom. The van der Waals surface area contributed by atoms with E-state index in [9.17, 15) is 14.9 Å². The average Bonchev–Trinajstić information content (AvgIpc) is 3.44. The van der Waals surface area contributed by atoms with Gasteiger partial charge in [-0.25, -0.2) is 0 Å². The Kier molecular flexibility index (Phi) is 4.34. The number of nitro groups is 1. The number of rotatable bonds is 3. The van der Waals surface area contributed by atoms with Crippen molar-refractivity contribution in [3.8, 4) is 0 Å². The van der Waals surface area contributed by atoms with Gasteiger partial charge in [0, 0.05) is 42.4 Å². The lowest BCUT2D eigenvalue weighted by molar-refractivity contribution is -0.384. The summed E-state index contributed by atoms with van der Waals surface area (Å²) in [5.74, 6) is 0.709. The smallest absolute Gasteiger partial charge is 0.269 e. The first-order valence-corrected chi connectivity index (χ1v) is 10.2. The maximum Gasteiger partial charge on any atom is 0.269 e. The van der Waals surface area contributed by atoms with Crippen LogP contribution in [0.15, 0.2) is 54.6 Å². The molecule has 0 radical (unpaired) electrons. The van der Waals surface area contributed by atoms with Crippen molar-refractivity contribution < 1.29 is 9.72 Å². The number of allylic oxidation sites excluding steroid dienone is 2. The van der Waals surface area contributed by atoms with Crippen molar-refractivity contribution in [3.05, 3.63) is 81.4 Å². The molecule has 6 nitrogen and oxygen atoms in total. The Bertz CT molecular complexity index is 993. The summed E-state index contributed by atoms with van der Waals surface area (Å²) >= 11 is 0. The molecule has 1 saturated heterocycles. The highest BCUT2D eigenvalue weighted by molar-refractivity contribution is 5.95. The summed E-state index contributed by atoms with van der Waals surface area (Å²) in [5, 5.41) is 14.6. The van der Waals surface area contributed by atoms with Gasteiger partial charge in [-0.15, -0.1) is 0 Å². The molecule has 0 aromatic heterocycles. The van der Waals surface area contributed by atoms with Crippen LogP contribution in [0.3, 0.4) is 0 Å². The van der Waals surface area contributed by atoms with Crippen molar-refractivity contribution in [1.82, 2.24) is 4.90 Å². The lowest BCUT2D eigenvalue weighted by atomic mass is 9.76. The molecule has 0 unspecified atom stereocenters. The summed E-state index contributed by atoms with van der Waals surface area (Å²) in [4.78, 5) is 25.4. The lowest BCUT2D eigenvalue weighted by Gasteiger charge is -2.37. The molecule has 1 amide bonds. The second-order valence-corrected chi connectivity index (χ2v) is 8.13. The van der Waals surface area contributed by atoms with Crippen LogP contribution in [0.25, 0.3) is 0 Å². The van der Waals surface area contributed by atoms with Gasteiger partial charge in [0.05, 0.1) is 11.0 Å². The van der Waals surface area contributed by atoms with Crippen LogP contribution < -0.4 is 5.32 Å². The zero-order valence-electron chi connectivity index (χ0n) is 16.1. The van der Waals surface area contributed by atoms with E-state index in [4.69, 9.17) is 0 Å². The molecule has 1 aliphatic carbocycles. The highest BCUT2D eigenvalue weighted by Crippen LogP contribution is 2.50. The van der Waals surface area contributed by atoms with E-state index in [1.54, 1.807) is 12.1 Å². The maximum atomic E-state index is 12.8. The summed E-state index contributed by atoms with van der Waals surface area (Å²) in [6.07, 6.45) is 7.57. The summed E-state index contributed by atoms with van der Waals surface area (Å²) in [6, 6.07) is 12.9. The molecule has 29 heavy (non-hydrogen) atoms. The fourth-order valence-corrected chi connectivity index (χ4v) is 4.96. The van der Waals surface area contributed by atoms with Crippen LogP contribution in [0, 0.1) is 16.0 Å². The van der Waals surface area contributed by atoms with Gasteiger partial charge in [-0.3, -0.25) is 14.9 Å². The van der Waals surface area contributed by atoms with E-state index < -0.39 is 0 Å². The van der Waals surface area contributed by atoms with Gasteiger partial charge in [0.15, 0.2) is 0 Å². The van der Waals surface area contributed by atoms with E-state index in [-0.39, 0.29) is 28.5 Å². The number of non-ortho nitro benzene ring substituents is 1. The van der Waals surface area contributed by atoms with Crippen molar-refractivity contribution in [2.45, 2.75) is 31.2 Å². The Balaban J connectivity index is 1.46. The predicted molar refractivity (Wildman–Crippen MR) is 111 cm³/mol. The molecule has 3 aliphatic rings. The molecule has 6 heteroatoms. The second kappa shape index (κ2) is 7.03. The van der Waals surface area contributed by atoms with Gasteiger partial charge in [0.2, 0.25) is 0 Å². The first-order valence-electron chi connectivity index (χ1n) is 10.2. The normalized spacial score (nSPS) is 24.7. The lowest BCUT2D eigenvalue weighted by Crippen LogP contribution is -2.30. The van der Waals surface area contributed by atoms with Gasteiger partial charge >= 0.3 is 0 Å². The number of hydrogen-bond donors (Lipinski definition) is 1. The number of nitrogens with zero attached hydrogens (tertiary/aromatic N) is 2. The number of amides is 1. The summed E-state index contributed by atoms with van der Waals surface area (Å²) in [6.45, 7) is 1.70. The SMILES string of the molecule is O=C(c1ccc2c(c1)[C@@H]1C=CC[C@H]1[C@H](c1ccc([N+](=O)[O-])cc1)N2)N1CCCC1. The van der Waals surface area contributed by atoms with Gasteiger partial charge in [-0.05, 0) is 54.5 Å². The molecule has 2 aliphatic heterocycles. The molecule has 3 atom stereocenters. The van der Waals surface area contributed by atoms with Crippen LogP contribution in [-0.2, 0) is 0 Å². The number of fused-ring (bicyclic) bond motifs is 3. The Morgan fingerprint density at radius 2 is 1.86 bits per heavy atom. The number of benzene rings is 2. The average molecular weight is 389 g/mol. The first kappa shape index (κ1) is 17.9. The van der Waals surface area contributed by atoms with Crippen molar-refractivity contribution >= 4 is 17.3 Å². The number of likely N-dealkylation sites (tertiary alicyclic amines) is 1. The predicted octanol–water partition coefficient (Wildman–Crippen LogP) is 4.66. The topological polar surface area (TPSA) is 75.5 Å².